The normalized spacial score (nSPS) is 11.0. The molecule has 0 bridgehead atoms. The van der Waals surface area contributed by atoms with Crippen LogP contribution in [0, 0.1) is 0 Å². The monoisotopic (exact) mass is 319 g/mol. The minimum Gasteiger partial charge on any atom is -0.219 e. The van der Waals surface area contributed by atoms with E-state index < -0.39 is 0 Å². The highest BCUT2D eigenvalue weighted by Gasteiger charge is 2.18. The highest BCUT2D eigenvalue weighted by molar-refractivity contribution is 6.30. The average molecular weight is 320 g/mol. The summed E-state index contributed by atoms with van der Waals surface area (Å²) >= 11 is 6.00. The van der Waals surface area contributed by atoms with Crippen LogP contribution in [0.5, 0.6) is 0 Å². The zero-order chi connectivity index (χ0) is 15.6. The molecule has 0 aliphatic rings. The Morgan fingerprint density at radius 1 is 0.826 bits per heavy atom. The van der Waals surface area contributed by atoms with Crippen LogP contribution in [-0.4, -0.2) is 4.57 Å². The number of pyridine rings is 1. The molecule has 2 aromatic heterocycles. The maximum absolute atomic E-state index is 6.00. The van der Waals surface area contributed by atoms with E-state index in [4.69, 9.17) is 11.6 Å². The van der Waals surface area contributed by atoms with Crippen LogP contribution in [0.2, 0.25) is 5.02 Å². The first kappa shape index (κ1) is 14.0. The van der Waals surface area contributed by atoms with E-state index in [9.17, 15) is 0 Å². The molecule has 0 N–H and O–H groups in total. The molecule has 4 aromatic rings. The molecule has 112 valence electrons. The van der Waals surface area contributed by atoms with Crippen LogP contribution < -0.4 is 4.40 Å². The van der Waals surface area contributed by atoms with Gasteiger partial charge in [-0.15, -0.1) is 0 Å². The maximum Gasteiger partial charge on any atom is 0.286 e. The third-order valence-electron chi connectivity index (χ3n) is 4.02. The van der Waals surface area contributed by atoms with Crippen LogP contribution in [0.3, 0.4) is 0 Å². The molecule has 0 amide bonds. The van der Waals surface area contributed by atoms with Crippen LogP contribution >= 0.6 is 11.6 Å². The standard InChI is InChI=1S/C20H16ClN2/c21-18-11-9-16(10-12-18)14-23-19(17-6-2-1-3-7-17)15-22-13-5-4-8-20(22)23/h1-13,15H,14H2/q+1. The molecule has 0 fully saturated rings. The number of halogens is 1. The number of fused-ring (bicyclic) bond motifs is 1. The first-order valence-electron chi connectivity index (χ1n) is 7.61. The summed E-state index contributed by atoms with van der Waals surface area (Å²) in [6.45, 7) is 0.807. The molecule has 0 saturated heterocycles. The largest absolute Gasteiger partial charge is 0.286 e. The lowest BCUT2D eigenvalue weighted by Gasteiger charge is -2.04. The molecule has 0 aliphatic carbocycles. The quantitative estimate of drug-likeness (QED) is 0.488. The number of hydrogen-bond donors (Lipinski definition) is 0. The van der Waals surface area contributed by atoms with Crippen molar-refractivity contribution in [3.05, 3.63) is 95.8 Å². The lowest BCUT2D eigenvalue weighted by Crippen LogP contribution is -2.18. The molecule has 0 unspecified atom stereocenters. The van der Waals surface area contributed by atoms with E-state index in [1.165, 1.54) is 22.5 Å². The van der Waals surface area contributed by atoms with Crippen LogP contribution in [0.25, 0.3) is 16.9 Å². The summed E-state index contributed by atoms with van der Waals surface area (Å²) in [5, 5.41) is 0.767. The molecule has 0 saturated carbocycles. The van der Waals surface area contributed by atoms with Crippen LogP contribution in [-0.2, 0) is 6.54 Å². The molecule has 0 atom stereocenters. The predicted molar refractivity (Wildman–Crippen MR) is 93.6 cm³/mol. The van der Waals surface area contributed by atoms with Crippen molar-refractivity contribution in [2.75, 3.05) is 0 Å². The van der Waals surface area contributed by atoms with Gasteiger partial charge in [-0.2, -0.15) is 0 Å². The third kappa shape index (κ3) is 2.73. The van der Waals surface area contributed by atoms with Crippen molar-refractivity contribution < 1.29 is 4.40 Å². The van der Waals surface area contributed by atoms with Crippen molar-refractivity contribution in [2.45, 2.75) is 6.54 Å². The van der Waals surface area contributed by atoms with Gasteiger partial charge >= 0.3 is 0 Å². The van der Waals surface area contributed by atoms with Crippen molar-refractivity contribution in [1.82, 2.24) is 4.57 Å². The summed E-state index contributed by atoms with van der Waals surface area (Å²) in [5.41, 5.74) is 4.81. The van der Waals surface area contributed by atoms with Gasteiger partial charge in [0.25, 0.3) is 5.65 Å². The van der Waals surface area contributed by atoms with E-state index in [1.807, 2.05) is 18.2 Å². The van der Waals surface area contributed by atoms with Gasteiger partial charge in [0, 0.05) is 16.7 Å². The smallest absolute Gasteiger partial charge is 0.219 e. The zero-order valence-electron chi connectivity index (χ0n) is 12.6. The van der Waals surface area contributed by atoms with Gasteiger partial charge < -0.3 is 0 Å². The van der Waals surface area contributed by atoms with Gasteiger partial charge in [0.2, 0.25) is 0 Å². The van der Waals surface area contributed by atoms with Crippen molar-refractivity contribution in [3.63, 3.8) is 0 Å². The van der Waals surface area contributed by atoms with Gasteiger partial charge in [-0.05, 0) is 23.8 Å². The van der Waals surface area contributed by atoms with Gasteiger partial charge in [-0.1, -0.05) is 60.1 Å². The molecular formula is C20H16ClN2+. The fourth-order valence-electron chi connectivity index (χ4n) is 2.89. The Hall–Kier alpha value is -2.58. The molecule has 2 heterocycles. The van der Waals surface area contributed by atoms with Crippen molar-refractivity contribution >= 4 is 17.2 Å². The van der Waals surface area contributed by atoms with Gasteiger partial charge in [-0.25, -0.2) is 8.97 Å². The average Bonchev–Trinajstić information content (AvgIpc) is 2.96. The first-order chi connectivity index (χ1) is 11.3. The summed E-state index contributed by atoms with van der Waals surface area (Å²) in [6, 6.07) is 24.8. The second kappa shape index (κ2) is 5.90. The van der Waals surface area contributed by atoms with E-state index in [0.29, 0.717) is 0 Å². The lowest BCUT2D eigenvalue weighted by atomic mass is 10.1. The Balaban J connectivity index is 1.87. The molecule has 2 nitrogen and oxygen atoms in total. The third-order valence-corrected chi connectivity index (χ3v) is 4.27. The maximum atomic E-state index is 6.00. The summed E-state index contributed by atoms with van der Waals surface area (Å²) in [7, 11) is 0. The fourth-order valence-corrected chi connectivity index (χ4v) is 3.01. The van der Waals surface area contributed by atoms with E-state index in [0.717, 1.165) is 11.6 Å². The van der Waals surface area contributed by atoms with E-state index in [-0.39, 0.29) is 0 Å². The molecule has 4 rings (SSSR count). The fraction of sp³-hybridized carbons (Fsp3) is 0.0500. The van der Waals surface area contributed by atoms with Gasteiger partial charge in [-0.3, -0.25) is 0 Å². The molecule has 3 heteroatoms. The minimum atomic E-state index is 0.767. The Labute approximate surface area is 140 Å². The molecular weight excluding hydrogens is 304 g/mol. The van der Waals surface area contributed by atoms with Crippen LogP contribution in [0.15, 0.2) is 85.2 Å². The second-order valence-electron chi connectivity index (χ2n) is 5.56. The predicted octanol–water partition coefficient (Wildman–Crippen LogP) is 4.60. The summed E-state index contributed by atoms with van der Waals surface area (Å²) in [6.07, 6.45) is 4.26. The number of imidazole rings is 1. The number of hydrogen-bond acceptors (Lipinski definition) is 0. The highest BCUT2D eigenvalue weighted by Crippen LogP contribution is 2.22. The number of benzene rings is 2. The van der Waals surface area contributed by atoms with Crippen molar-refractivity contribution in [1.29, 1.82) is 0 Å². The van der Waals surface area contributed by atoms with Crippen molar-refractivity contribution in [2.24, 2.45) is 0 Å². The summed E-state index contributed by atoms with van der Waals surface area (Å²) in [5.74, 6) is 0. The highest BCUT2D eigenvalue weighted by atomic mass is 35.5. The minimum absolute atomic E-state index is 0.767. The van der Waals surface area contributed by atoms with Gasteiger partial charge in [0.05, 0.1) is 6.20 Å². The summed E-state index contributed by atoms with van der Waals surface area (Å²) < 4.78 is 4.50. The molecule has 0 spiro atoms. The number of aromatic nitrogens is 2. The number of nitrogens with zero attached hydrogens (tertiary/aromatic N) is 2. The van der Waals surface area contributed by atoms with Gasteiger partial charge in [0.1, 0.15) is 12.7 Å². The zero-order valence-corrected chi connectivity index (χ0v) is 13.3. The van der Waals surface area contributed by atoms with E-state index in [2.05, 4.69) is 76.0 Å². The van der Waals surface area contributed by atoms with E-state index in [1.54, 1.807) is 0 Å². The Morgan fingerprint density at radius 2 is 1.57 bits per heavy atom. The Bertz CT molecular complexity index is 940. The Morgan fingerprint density at radius 3 is 2.35 bits per heavy atom. The van der Waals surface area contributed by atoms with E-state index >= 15 is 0 Å². The number of rotatable bonds is 3. The first-order valence-corrected chi connectivity index (χ1v) is 7.98. The van der Waals surface area contributed by atoms with Crippen LogP contribution in [0.1, 0.15) is 5.56 Å². The van der Waals surface area contributed by atoms with Crippen molar-refractivity contribution in [3.8, 4) is 11.3 Å². The molecule has 2 aromatic carbocycles. The molecule has 0 radical (unpaired) electrons. The topological polar surface area (TPSA) is 9.03 Å². The van der Waals surface area contributed by atoms with Crippen LogP contribution in [0.4, 0.5) is 0 Å². The second-order valence-corrected chi connectivity index (χ2v) is 6.00. The summed E-state index contributed by atoms with van der Waals surface area (Å²) in [4.78, 5) is 0. The lowest BCUT2D eigenvalue weighted by molar-refractivity contribution is -0.510. The molecule has 23 heavy (non-hydrogen) atoms. The molecule has 0 aliphatic heterocycles. The SMILES string of the molecule is Clc1ccc(Cn2c(-c3ccccc3)c[n+]3ccccc23)cc1. The van der Waals surface area contributed by atoms with Gasteiger partial charge in [0.15, 0.2) is 5.69 Å². The Kier molecular flexibility index (Phi) is 3.60.